The van der Waals surface area contributed by atoms with Crippen LogP contribution >= 0.6 is 0 Å². The highest BCUT2D eigenvalue weighted by Gasteiger charge is 2.46. The summed E-state index contributed by atoms with van der Waals surface area (Å²) in [5.74, 6) is 0.641. The van der Waals surface area contributed by atoms with E-state index in [4.69, 9.17) is 23.4 Å². The fourth-order valence-electron chi connectivity index (χ4n) is 4.53. The second-order valence-corrected chi connectivity index (χ2v) is 17.6. The zero-order chi connectivity index (χ0) is 30.9. The van der Waals surface area contributed by atoms with Gasteiger partial charge < -0.3 is 23.4 Å². The Hall–Kier alpha value is -2.55. The third kappa shape index (κ3) is 9.48. The Labute approximate surface area is 254 Å². The lowest BCUT2D eigenvalue weighted by atomic mass is 9.88. The number of ether oxygens (including phenoxy) is 4. The first-order chi connectivity index (χ1) is 19.8. The highest BCUT2D eigenvalue weighted by atomic mass is 28.4. The normalized spacial score (nSPS) is 20.3. The molecule has 1 fully saturated rings. The van der Waals surface area contributed by atoms with Crippen LogP contribution in [0.25, 0.3) is 0 Å². The molecule has 1 saturated heterocycles. The number of benzene rings is 2. The Morgan fingerprint density at radius 3 is 2.26 bits per heavy atom. The van der Waals surface area contributed by atoms with E-state index in [9.17, 15) is 4.79 Å². The van der Waals surface area contributed by atoms with Crippen molar-refractivity contribution in [1.29, 1.82) is 0 Å². The highest BCUT2D eigenvalue weighted by molar-refractivity contribution is 6.74. The van der Waals surface area contributed by atoms with Crippen molar-refractivity contribution in [2.75, 3.05) is 20.3 Å². The standard InChI is InChI=1S/C35H50O6Si/c1-25(19-20-38-22-29-15-17-30(37-7)18-16-29)27(3)33(36)34-31(41-42(8,9)35(4,5)6)21-26(2)32(40-34)24-39-23-28-13-11-10-12-14-28/h10-18,25,31-32,34H,2-3,19-24H2,1,4-9H3/t25-,31+,32+,34+/m1/s1. The van der Waals surface area contributed by atoms with Crippen molar-refractivity contribution >= 4 is 14.1 Å². The third-order valence-corrected chi connectivity index (χ3v) is 13.0. The van der Waals surface area contributed by atoms with Gasteiger partial charge in [0.25, 0.3) is 0 Å². The van der Waals surface area contributed by atoms with E-state index < -0.39 is 26.6 Å². The Morgan fingerprint density at radius 1 is 1.02 bits per heavy atom. The summed E-state index contributed by atoms with van der Waals surface area (Å²) in [5.41, 5.74) is 3.58. The molecule has 6 nitrogen and oxygen atoms in total. The minimum absolute atomic E-state index is 0.0108. The monoisotopic (exact) mass is 594 g/mol. The molecule has 0 amide bonds. The van der Waals surface area contributed by atoms with Gasteiger partial charge in [0.15, 0.2) is 14.1 Å². The van der Waals surface area contributed by atoms with Crippen molar-refractivity contribution in [2.24, 2.45) is 5.92 Å². The number of methoxy groups -OCH3 is 1. The van der Waals surface area contributed by atoms with Crippen LogP contribution in [0.2, 0.25) is 18.1 Å². The lowest BCUT2D eigenvalue weighted by Gasteiger charge is -2.44. The predicted molar refractivity (Wildman–Crippen MR) is 171 cm³/mol. The van der Waals surface area contributed by atoms with Crippen molar-refractivity contribution in [2.45, 2.75) is 90.2 Å². The summed E-state index contributed by atoms with van der Waals surface area (Å²) in [6, 6.07) is 17.8. The molecule has 0 saturated carbocycles. The van der Waals surface area contributed by atoms with Gasteiger partial charge in [-0.1, -0.05) is 83.3 Å². The second-order valence-electron chi connectivity index (χ2n) is 12.8. The van der Waals surface area contributed by atoms with Crippen LogP contribution in [0.5, 0.6) is 5.75 Å². The number of ketones is 1. The van der Waals surface area contributed by atoms with Gasteiger partial charge in [-0.3, -0.25) is 4.79 Å². The summed E-state index contributed by atoms with van der Waals surface area (Å²) in [7, 11) is -0.539. The van der Waals surface area contributed by atoms with Crippen LogP contribution < -0.4 is 4.74 Å². The van der Waals surface area contributed by atoms with E-state index >= 15 is 0 Å². The zero-order valence-electron chi connectivity index (χ0n) is 26.6. The first-order valence-electron chi connectivity index (χ1n) is 14.9. The molecule has 7 heteroatoms. The Bertz CT molecular complexity index is 1170. The topological polar surface area (TPSA) is 63.2 Å². The lowest BCUT2D eigenvalue weighted by Crippen LogP contribution is -2.54. The molecule has 42 heavy (non-hydrogen) atoms. The summed E-state index contributed by atoms with van der Waals surface area (Å²) < 4.78 is 30.4. The SMILES string of the molecule is C=C(C(=O)[C@H]1O[C@@H](COCc2ccccc2)C(=C)C[C@@H]1O[Si](C)(C)C(C)(C)C)[C@H](C)CCOCc1ccc(OC)cc1. The Balaban J connectivity index is 1.63. The molecule has 1 aliphatic heterocycles. The van der Waals surface area contributed by atoms with E-state index in [1.165, 1.54) is 0 Å². The number of rotatable bonds is 15. The van der Waals surface area contributed by atoms with Crippen LogP contribution in [0.4, 0.5) is 0 Å². The van der Waals surface area contributed by atoms with Gasteiger partial charge in [0, 0.05) is 6.61 Å². The molecular weight excluding hydrogens is 544 g/mol. The molecule has 1 aliphatic rings. The molecule has 0 aliphatic carbocycles. The molecule has 0 bridgehead atoms. The van der Waals surface area contributed by atoms with Crippen molar-refractivity contribution in [3.63, 3.8) is 0 Å². The molecule has 0 aromatic heterocycles. The maximum Gasteiger partial charge on any atom is 0.192 e. The molecule has 0 unspecified atom stereocenters. The summed E-state index contributed by atoms with van der Waals surface area (Å²) >= 11 is 0. The van der Waals surface area contributed by atoms with Gasteiger partial charge in [-0.2, -0.15) is 0 Å². The molecule has 230 valence electrons. The second kappa shape index (κ2) is 15.3. The summed E-state index contributed by atoms with van der Waals surface area (Å²) in [4.78, 5) is 13.9. The largest absolute Gasteiger partial charge is 0.497 e. The van der Waals surface area contributed by atoms with Crippen LogP contribution in [0.1, 0.15) is 51.7 Å². The van der Waals surface area contributed by atoms with Gasteiger partial charge in [0.2, 0.25) is 0 Å². The van der Waals surface area contributed by atoms with Crippen molar-refractivity contribution in [3.8, 4) is 5.75 Å². The molecule has 2 aromatic rings. The zero-order valence-corrected chi connectivity index (χ0v) is 27.6. The van der Waals surface area contributed by atoms with E-state index in [1.54, 1.807) is 7.11 Å². The minimum Gasteiger partial charge on any atom is -0.497 e. The fraction of sp³-hybridized carbons (Fsp3) is 0.514. The molecule has 4 atom stereocenters. The maximum absolute atomic E-state index is 13.9. The molecule has 0 radical (unpaired) electrons. The molecule has 1 heterocycles. The first kappa shape index (κ1) is 33.9. The van der Waals surface area contributed by atoms with E-state index in [1.807, 2.05) is 61.5 Å². The summed E-state index contributed by atoms with van der Waals surface area (Å²) in [6.45, 7) is 23.3. The lowest BCUT2D eigenvalue weighted by molar-refractivity contribution is -0.148. The minimum atomic E-state index is -2.19. The average Bonchev–Trinajstić information content (AvgIpc) is 2.95. The van der Waals surface area contributed by atoms with Gasteiger partial charge in [-0.05, 0) is 71.3 Å². The molecule has 0 N–H and O–H groups in total. The molecule has 0 spiro atoms. The Kier molecular flexibility index (Phi) is 12.3. The number of Topliss-reactive ketones (excluding diaryl/α,β-unsaturated/α-hetero) is 1. The van der Waals surface area contributed by atoms with Gasteiger partial charge in [0.05, 0.1) is 33.0 Å². The van der Waals surface area contributed by atoms with Crippen molar-refractivity contribution in [3.05, 3.63) is 90.0 Å². The first-order valence-corrected chi connectivity index (χ1v) is 17.8. The van der Waals surface area contributed by atoms with Crippen LogP contribution in [0.15, 0.2) is 78.9 Å². The third-order valence-electron chi connectivity index (χ3n) is 8.49. The van der Waals surface area contributed by atoms with Gasteiger partial charge >= 0.3 is 0 Å². The summed E-state index contributed by atoms with van der Waals surface area (Å²) in [6.07, 6.45) is -0.332. The number of hydrogen-bond donors (Lipinski definition) is 0. The number of carbonyl (C=O) groups excluding carboxylic acids is 1. The maximum atomic E-state index is 13.9. The van der Waals surface area contributed by atoms with Crippen molar-refractivity contribution < 1.29 is 28.2 Å². The van der Waals surface area contributed by atoms with E-state index in [2.05, 4.69) is 47.0 Å². The van der Waals surface area contributed by atoms with Gasteiger partial charge in [-0.25, -0.2) is 0 Å². The number of carbonyl (C=O) groups is 1. The van der Waals surface area contributed by atoms with Crippen molar-refractivity contribution in [1.82, 2.24) is 0 Å². The van der Waals surface area contributed by atoms with Gasteiger partial charge in [0.1, 0.15) is 18.0 Å². The highest BCUT2D eigenvalue weighted by Crippen LogP contribution is 2.40. The molecule has 2 aromatic carbocycles. The average molecular weight is 595 g/mol. The van der Waals surface area contributed by atoms with Crippen LogP contribution in [0.3, 0.4) is 0 Å². The van der Waals surface area contributed by atoms with E-state index in [0.29, 0.717) is 44.8 Å². The molecule has 3 rings (SSSR count). The van der Waals surface area contributed by atoms with Crippen LogP contribution in [0, 0.1) is 5.92 Å². The van der Waals surface area contributed by atoms with Gasteiger partial charge in [-0.15, -0.1) is 0 Å². The molecular formula is C35H50O6Si. The van der Waals surface area contributed by atoms with Crippen LogP contribution in [-0.4, -0.2) is 52.7 Å². The Morgan fingerprint density at radius 2 is 1.64 bits per heavy atom. The number of hydrogen-bond acceptors (Lipinski definition) is 6. The summed E-state index contributed by atoms with van der Waals surface area (Å²) in [5, 5.41) is -0.0108. The van der Waals surface area contributed by atoms with E-state index in [0.717, 1.165) is 22.4 Å². The quantitative estimate of drug-likeness (QED) is 0.0912. The van der Waals surface area contributed by atoms with Crippen LogP contribution in [-0.2, 0) is 36.6 Å². The smallest absolute Gasteiger partial charge is 0.192 e. The van der Waals surface area contributed by atoms with E-state index in [-0.39, 0.29) is 16.7 Å². The predicted octanol–water partition coefficient (Wildman–Crippen LogP) is 7.68. The fourth-order valence-corrected chi connectivity index (χ4v) is 5.85.